The Bertz CT molecular complexity index is 138. The van der Waals surface area contributed by atoms with E-state index in [0.717, 1.165) is 12.5 Å². The molecule has 1 heterocycles. The van der Waals surface area contributed by atoms with Gasteiger partial charge in [-0.05, 0) is 53.0 Å². The molecule has 0 spiro atoms. The van der Waals surface area contributed by atoms with Crippen LogP contribution in [0.2, 0.25) is 0 Å². The van der Waals surface area contributed by atoms with Gasteiger partial charge >= 0.3 is 0 Å². The van der Waals surface area contributed by atoms with Crippen LogP contribution in [0.1, 0.15) is 12.8 Å². The SMILES string of the molecule is CNCCC(NC)C1CCN(C)C1. The third-order valence-electron chi connectivity index (χ3n) is 3.07. The van der Waals surface area contributed by atoms with Crippen molar-refractivity contribution in [1.82, 2.24) is 15.5 Å². The summed E-state index contributed by atoms with van der Waals surface area (Å²) in [4.78, 5) is 2.42. The molecule has 2 unspecified atom stereocenters. The molecular weight excluding hydrogens is 162 g/mol. The molecule has 0 aromatic carbocycles. The van der Waals surface area contributed by atoms with Gasteiger partial charge in [-0.2, -0.15) is 0 Å². The fraction of sp³-hybridized carbons (Fsp3) is 1.00. The van der Waals surface area contributed by atoms with E-state index in [1.54, 1.807) is 0 Å². The normalized spacial score (nSPS) is 26.5. The maximum absolute atomic E-state index is 3.43. The van der Waals surface area contributed by atoms with Gasteiger partial charge in [-0.25, -0.2) is 0 Å². The summed E-state index contributed by atoms with van der Waals surface area (Å²) >= 11 is 0. The van der Waals surface area contributed by atoms with Crippen LogP contribution in [0.4, 0.5) is 0 Å². The van der Waals surface area contributed by atoms with Gasteiger partial charge in [-0.15, -0.1) is 0 Å². The van der Waals surface area contributed by atoms with E-state index in [-0.39, 0.29) is 0 Å². The molecule has 1 saturated heterocycles. The Hall–Kier alpha value is -0.120. The van der Waals surface area contributed by atoms with Crippen molar-refractivity contribution < 1.29 is 0 Å². The molecule has 78 valence electrons. The third-order valence-corrected chi connectivity index (χ3v) is 3.07. The highest BCUT2D eigenvalue weighted by Crippen LogP contribution is 2.19. The molecule has 0 aliphatic carbocycles. The van der Waals surface area contributed by atoms with Crippen molar-refractivity contribution in [2.24, 2.45) is 5.92 Å². The highest BCUT2D eigenvalue weighted by Gasteiger charge is 2.25. The second-order valence-electron chi connectivity index (χ2n) is 4.10. The average Bonchev–Trinajstić information content (AvgIpc) is 2.54. The summed E-state index contributed by atoms with van der Waals surface area (Å²) < 4.78 is 0. The quantitative estimate of drug-likeness (QED) is 0.638. The van der Waals surface area contributed by atoms with Crippen molar-refractivity contribution in [1.29, 1.82) is 0 Å². The van der Waals surface area contributed by atoms with Crippen LogP contribution in [0.15, 0.2) is 0 Å². The minimum Gasteiger partial charge on any atom is -0.320 e. The van der Waals surface area contributed by atoms with Gasteiger partial charge in [0.05, 0.1) is 0 Å². The topological polar surface area (TPSA) is 27.3 Å². The van der Waals surface area contributed by atoms with Crippen LogP contribution in [-0.4, -0.2) is 51.7 Å². The number of nitrogens with zero attached hydrogens (tertiary/aromatic N) is 1. The number of rotatable bonds is 5. The molecule has 0 aromatic heterocycles. The molecule has 1 aliphatic heterocycles. The molecule has 1 fully saturated rings. The zero-order valence-electron chi connectivity index (χ0n) is 9.14. The lowest BCUT2D eigenvalue weighted by Crippen LogP contribution is -2.37. The maximum Gasteiger partial charge on any atom is 0.0117 e. The highest BCUT2D eigenvalue weighted by atomic mass is 15.1. The monoisotopic (exact) mass is 185 g/mol. The van der Waals surface area contributed by atoms with E-state index < -0.39 is 0 Å². The van der Waals surface area contributed by atoms with Crippen LogP contribution < -0.4 is 10.6 Å². The molecule has 3 nitrogen and oxygen atoms in total. The van der Waals surface area contributed by atoms with Gasteiger partial charge in [0.1, 0.15) is 0 Å². The molecule has 1 aliphatic rings. The Morgan fingerprint density at radius 1 is 1.46 bits per heavy atom. The molecule has 2 atom stereocenters. The minimum atomic E-state index is 0.692. The fourth-order valence-corrected chi connectivity index (χ4v) is 2.21. The van der Waals surface area contributed by atoms with E-state index in [4.69, 9.17) is 0 Å². The Labute approximate surface area is 81.9 Å². The van der Waals surface area contributed by atoms with Crippen LogP contribution in [0.5, 0.6) is 0 Å². The van der Waals surface area contributed by atoms with Gasteiger partial charge in [0, 0.05) is 12.6 Å². The fourth-order valence-electron chi connectivity index (χ4n) is 2.21. The Morgan fingerprint density at radius 2 is 2.23 bits per heavy atom. The van der Waals surface area contributed by atoms with Gasteiger partial charge in [0.2, 0.25) is 0 Å². The van der Waals surface area contributed by atoms with Crippen LogP contribution in [0.25, 0.3) is 0 Å². The van der Waals surface area contributed by atoms with Crippen LogP contribution in [-0.2, 0) is 0 Å². The van der Waals surface area contributed by atoms with Gasteiger partial charge in [-0.3, -0.25) is 0 Å². The summed E-state index contributed by atoms with van der Waals surface area (Å²) in [5.74, 6) is 0.850. The van der Waals surface area contributed by atoms with E-state index in [0.29, 0.717) is 6.04 Å². The first-order valence-electron chi connectivity index (χ1n) is 5.28. The van der Waals surface area contributed by atoms with Gasteiger partial charge in [-0.1, -0.05) is 0 Å². The van der Waals surface area contributed by atoms with E-state index in [9.17, 15) is 0 Å². The summed E-state index contributed by atoms with van der Waals surface area (Å²) in [7, 11) is 6.32. The van der Waals surface area contributed by atoms with Crippen LogP contribution in [0, 0.1) is 5.92 Å². The Balaban J connectivity index is 2.29. The van der Waals surface area contributed by atoms with Gasteiger partial charge in [0.25, 0.3) is 0 Å². The molecule has 0 amide bonds. The summed E-state index contributed by atoms with van der Waals surface area (Å²) in [6, 6.07) is 0.692. The number of hydrogen-bond acceptors (Lipinski definition) is 3. The summed E-state index contributed by atoms with van der Waals surface area (Å²) in [6.45, 7) is 3.64. The lowest BCUT2D eigenvalue weighted by molar-refractivity contribution is 0.333. The lowest BCUT2D eigenvalue weighted by Gasteiger charge is -2.22. The Morgan fingerprint density at radius 3 is 2.69 bits per heavy atom. The van der Waals surface area contributed by atoms with Crippen molar-refractivity contribution in [3.63, 3.8) is 0 Å². The van der Waals surface area contributed by atoms with Crippen LogP contribution >= 0.6 is 0 Å². The predicted octanol–water partition coefficient (Wildman–Crippen LogP) is 0.136. The highest BCUT2D eigenvalue weighted by molar-refractivity contribution is 4.83. The van der Waals surface area contributed by atoms with E-state index in [2.05, 4.69) is 29.6 Å². The van der Waals surface area contributed by atoms with E-state index >= 15 is 0 Å². The molecule has 0 saturated carbocycles. The maximum atomic E-state index is 3.43. The Kier molecular flexibility index (Phi) is 4.70. The first-order valence-corrected chi connectivity index (χ1v) is 5.28. The van der Waals surface area contributed by atoms with Crippen molar-refractivity contribution in [2.75, 3.05) is 40.8 Å². The van der Waals surface area contributed by atoms with Crippen molar-refractivity contribution in [2.45, 2.75) is 18.9 Å². The number of nitrogens with one attached hydrogen (secondary N) is 2. The molecule has 2 N–H and O–H groups in total. The van der Waals surface area contributed by atoms with E-state index in [1.807, 2.05) is 7.05 Å². The summed E-state index contributed by atoms with van der Waals surface area (Å²) in [6.07, 6.45) is 2.59. The van der Waals surface area contributed by atoms with Crippen molar-refractivity contribution >= 4 is 0 Å². The molecule has 3 heteroatoms. The molecule has 0 aromatic rings. The molecule has 0 radical (unpaired) electrons. The molecule has 1 rings (SSSR count). The summed E-state index contributed by atoms with van der Waals surface area (Å²) in [5, 5.41) is 6.65. The molecule has 0 bridgehead atoms. The third kappa shape index (κ3) is 3.25. The lowest BCUT2D eigenvalue weighted by atomic mass is 9.96. The smallest absolute Gasteiger partial charge is 0.0117 e. The van der Waals surface area contributed by atoms with Crippen molar-refractivity contribution in [3.05, 3.63) is 0 Å². The van der Waals surface area contributed by atoms with Gasteiger partial charge in [0.15, 0.2) is 0 Å². The second-order valence-corrected chi connectivity index (χ2v) is 4.10. The summed E-state index contributed by atoms with van der Waals surface area (Å²) in [5.41, 5.74) is 0. The molecular formula is C10H23N3. The van der Waals surface area contributed by atoms with E-state index in [1.165, 1.54) is 25.9 Å². The van der Waals surface area contributed by atoms with Crippen molar-refractivity contribution in [3.8, 4) is 0 Å². The van der Waals surface area contributed by atoms with Gasteiger partial charge < -0.3 is 15.5 Å². The first-order chi connectivity index (χ1) is 6.27. The standard InChI is InChI=1S/C10H23N3/c1-11-6-4-10(12-2)9-5-7-13(3)8-9/h9-12H,4-8H2,1-3H3. The zero-order chi connectivity index (χ0) is 9.68. The largest absolute Gasteiger partial charge is 0.320 e. The zero-order valence-corrected chi connectivity index (χ0v) is 9.14. The number of hydrogen-bond donors (Lipinski definition) is 2. The first kappa shape index (κ1) is 11.0. The number of likely N-dealkylation sites (tertiary alicyclic amines) is 1. The molecule has 13 heavy (non-hydrogen) atoms. The minimum absolute atomic E-state index is 0.692. The average molecular weight is 185 g/mol. The van der Waals surface area contributed by atoms with Crippen LogP contribution in [0.3, 0.4) is 0 Å². The predicted molar refractivity (Wildman–Crippen MR) is 57.0 cm³/mol. The second kappa shape index (κ2) is 5.58.